The Balaban J connectivity index is 1.71. The van der Waals surface area contributed by atoms with E-state index in [4.69, 9.17) is 0 Å². The third-order valence-electron chi connectivity index (χ3n) is 2.59. The molecular weight excluding hydrogens is 180 g/mol. The quantitative estimate of drug-likeness (QED) is 0.731. The molecule has 0 saturated heterocycles. The number of nitrogens with one attached hydrogen (secondary N) is 1. The Morgan fingerprint density at radius 2 is 2.62 bits per heavy atom. The number of nitrogens with zero attached hydrogens (tertiary/aromatic N) is 1. The molecule has 0 amide bonds. The molecular formula is C10H16N2S. The van der Waals surface area contributed by atoms with Crippen LogP contribution in [-0.4, -0.2) is 18.1 Å². The molecule has 2 unspecified atom stereocenters. The number of rotatable bonds is 5. The summed E-state index contributed by atoms with van der Waals surface area (Å²) in [4.78, 5) is 4.35. The van der Waals surface area contributed by atoms with Crippen molar-refractivity contribution in [3.05, 3.63) is 16.6 Å². The minimum atomic E-state index is 0.760. The third kappa shape index (κ3) is 2.29. The lowest BCUT2D eigenvalue weighted by atomic mass is 10.2. The van der Waals surface area contributed by atoms with E-state index in [1.54, 1.807) is 11.3 Å². The van der Waals surface area contributed by atoms with Crippen LogP contribution in [-0.2, 0) is 0 Å². The second-order valence-corrected chi connectivity index (χ2v) is 4.44. The van der Waals surface area contributed by atoms with Gasteiger partial charge in [0.2, 0.25) is 0 Å². The van der Waals surface area contributed by atoms with Crippen LogP contribution in [0, 0.1) is 5.92 Å². The van der Waals surface area contributed by atoms with Gasteiger partial charge in [-0.05, 0) is 31.8 Å². The van der Waals surface area contributed by atoms with Crippen LogP contribution >= 0.6 is 11.3 Å². The van der Waals surface area contributed by atoms with Crippen LogP contribution in [0.15, 0.2) is 10.9 Å². The van der Waals surface area contributed by atoms with Crippen LogP contribution in [0.2, 0.25) is 0 Å². The molecule has 1 fully saturated rings. The second-order valence-electron chi connectivity index (χ2n) is 3.72. The van der Waals surface area contributed by atoms with E-state index in [0.717, 1.165) is 18.4 Å². The van der Waals surface area contributed by atoms with Gasteiger partial charge in [0.1, 0.15) is 0 Å². The lowest BCUT2D eigenvalue weighted by Crippen LogP contribution is -2.17. The summed E-state index contributed by atoms with van der Waals surface area (Å²) < 4.78 is 0. The summed E-state index contributed by atoms with van der Waals surface area (Å²) in [7, 11) is 0. The lowest BCUT2D eigenvalue weighted by molar-refractivity contribution is 0.618. The fourth-order valence-electron chi connectivity index (χ4n) is 1.70. The van der Waals surface area contributed by atoms with Crippen molar-refractivity contribution in [1.29, 1.82) is 0 Å². The maximum Gasteiger partial charge on any atom is 0.0794 e. The van der Waals surface area contributed by atoms with Crippen molar-refractivity contribution in [3.8, 4) is 0 Å². The van der Waals surface area contributed by atoms with E-state index in [9.17, 15) is 0 Å². The molecule has 2 atom stereocenters. The van der Waals surface area contributed by atoms with Crippen molar-refractivity contribution >= 4 is 11.3 Å². The van der Waals surface area contributed by atoms with Gasteiger partial charge in [0, 0.05) is 11.3 Å². The average molecular weight is 196 g/mol. The molecule has 0 aromatic carbocycles. The normalized spacial score (nSPS) is 26.2. The van der Waals surface area contributed by atoms with E-state index in [2.05, 4.69) is 22.6 Å². The fraction of sp³-hybridized carbons (Fsp3) is 0.700. The molecule has 2 nitrogen and oxygen atoms in total. The van der Waals surface area contributed by atoms with Gasteiger partial charge in [0.05, 0.1) is 11.2 Å². The van der Waals surface area contributed by atoms with Gasteiger partial charge in [-0.25, -0.2) is 4.98 Å². The van der Waals surface area contributed by atoms with Crippen LogP contribution in [0.1, 0.15) is 31.4 Å². The zero-order chi connectivity index (χ0) is 9.10. The van der Waals surface area contributed by atoms with Crippen molar-refractivity contribution < 1.29 is 0 Å². The van der Waals surface area contributed by atoms with Crippen molar-refractivity contribution in [2.24, 2.45) is 5.92 Å². The summed E-state index contributed by atoms with van der Waals surface area (Å²) in [6.45, 7) is 4.54. The van der Waals surface area contributed by atoms with E-state index < -0.39 is 0 Å². The second kappa shape index (κ2) is 4.20. The molecule has 13 heavy (non-hydrogen) atoms. The summed E-state index contributed by atoms with van der Waals surface area (Å²) in [6.07, 6.45) is 2.56. The summed E-state index contributed by atoms with van der Waals surface area (Å²) in [5.74, 6) is 1.62. The highest BCUT2D eigenvalue weighted by Crippen LogP contribution is 2.46. The molecule has 1 aliphatic rings. The summed E-state index contributed by atoms with van der Waals surface area (Å²) in [6, 6.07) is 0. The van der Waals surface area contributed by atoms with Crippen LogP contribution in [0.3, 0.4) is 0 Å². The SMILES string of the molecule is CCCNCC1CC1c1cscn1. The summed E-state index contributed by atoms with van der Waals surface area (Å²) >= 11 is 1.71. The maximum atomic E-state index is 4.35. The number of hydrogen-bond donors (Lipinski definition) is 1. The van der Waals surface area contributed by atoms with Crippen molar-refractivity contribution in [3.63, 3.8) is 0 Å². The number of thiazole rings is 1. The Morgan fingerprint density at radius 1 is 1.69 bits per heavy atom. The average Bonchev–Trinajstić information content (AvgIpc) is 2.72. The van der Waals surface area contributed by atoms with Crippen molar-refractivity contribution in [2.75, 3.05) is 13.1 Å². The molecule has 72 valence electrons. The van der Waals surface area contributed by atoms with E-state index in [1.165, 1.54) is 25.1 Å². The molecule has 2 rings (SSSR count). The Hall–Kier alpha value is -0.410. The van der Waals surface area contributed by atoms with Crippen LogP contribution in [0.5, 0.6) is 0 Å². The first-order valence-corrected chi connectivity index (χ1v) is 5.95. The highest BCUT2D eigenvalue weighted by Gasteiger charge is 2.38. The third-order valence-corrected chi connectivity index (χ3v) is 3.19. The maximum absolute atomic E-state index is 4.35. The fourth-order valence-corrected chi connectivity index (χ4v) is 2.32. The van der Waals surface area contributed by atoms with Crippen LogP contribution in [0.25, 0.3) is 0 Å². The molecule has 0 aliphatic heterocycles. The van der Waals surface area contributed by atoms with Gasteiger partial charge >= 0.3 is 0 Å². The van der Waals surface area contributed by atoms with E-state index >= 15 is 0 Å². The molecule has 1 aromatic rings. The van der Waals surface area contributed by atoms with Gasteiger partial charge < -0.3 is 5.32 Å². The molecule has 1 heterocycles. The molecule has 1 aromatic heterocycles. The smallest absolute Gasteiger partial charge is 0.0794 e. The minimum absolute atomic E-state index is 0.760. The zero-order valence-electron chi connectivity index (χ0n) is 7.99. The van der Waals surface area contributed by atoms with E-state index in [-0.39, 0.29) is 0 Å². The minimum Gasteiger partial charge on any atom is -0.316 e. The van der Waals surface area contributed by atoms with Gasteiger partial charge in [-0.1, -0.05) is 6.92 Å². The van der Waals surface area contributed by atoms with Gasteiger partial charge in [-0.15, -0.1) is 11.3 Å². The van der Waals surface area contributed by atoms with Crippen molar-refractivity contribution in [2.45, 2.75) is 25.7 Å². The predicted octanol–water partition coefficient (Wildman–Crippen LogP) is 2.25. The first kappa shape index (κ1) is 9.16. The first-order chi connectivity index (χ1) is 6.42. The zero-order valence-corrected chi connectivity index (χ0v) is 8.81. The first-order valence-electron chi connectivity index (χ1n) is 5.00. The Morgan fingerprint density at radius 3 is 3.31 bits per heavy atom. The highest BCUT2D eigenvalue weighted by molar-refractivity contribution is 7.07. The lowest BCUT2D eigenvalue weighted by Gasteiger charge is -2.00. The van der Waals surface area contributed by atoms with Crippen molar-refractivity contribution in [1.82, 2.24) is 10.3 Å². The molecule has 1 saturated carbocycles. The molecule has 0 bridgehead atoms. The predicted molar refractivity (Wildman–Crippen MR) is 56.1 cm³/mol. The Bertz CT molecular complexity index is 245. The Labute approximate surface area is 83.4 Å². The topological polar surface area (TPSA) is 24.9 Å². The van der Waals surface area contributed by atoms with E-state index in [0.29, 0.717) is 0 Å². The van der Waals surface area contributed by atoms with Crippen LogP contribution in [0.4, 0.5) is 0 Å². The van der Waals surface area contributed by atoms with E-state index in [1.807, 2.05) is 5.51 Å². The highest BCUT2D eigenvalue weighted by atomic mass is 32.1. The van der Waals surface area contributed by atoms with Gasteiger partial charge in [-0.2, -0.15) is 0 Å². The van der Waals surface area contributed by atoms with Gasteiger partial charge in [0.15, 0.2) is 0 Å². The van der Waals surface area contributed by atoms with Crippen LogP contribution < -0.4 is 5.32 Å². The molecule has 0 radical (unpaired) electrons. The number of aromatic nitrogens is 1. The monoisotopic (exact) mass is 196 g/mol. The molecule has 3 heteroatoms. The molecule has 0 spiro atoms. The largest absolute Gasteiger partial charge is 0.316 e. The molecule has 1 N–H and O–H groups in total. The summed E-state index contributed by atoms with van der Waals surface area (Å²) in [5, 5.41) is 5.65. The van der Waals surface area contributed by atoms with Gasteiger partial charge in [-0.3, -0.25) is 0 Å². The van der Waals surface area contributed by atoms with Gasteiger partial charge in [0.25, 0.3) is 0 Å². The Kier molecular flexibility index (Phi) is 2.96. The summed E-state index contributed by atoms with van der Waals surface area (Å²) in [5.41, 5.74) is 3.25. The molecule has 1 aliphatic carbocycles. The number of hydrogen-bond acceptors (Lipinski definition) is 3. The standard InChI is InChI=1S/C10H16N2S/c1-2-3-11-5-8-4-9(8)10-6-13-7-12-10/h6-9,11H,2-5H2,1H3.